The predicted molar refractivity (Wildman–Crippen MR) is 92.8 cm³/mol. The third kappa shape index (κ3) is 6.06. The molecule has 0 saturated carbocycles. The molecule has 24 heavy (non-hydrogen) atoms. The van der Waals surface area contributed by atoms with Crippen molar-refractivity contribution in [2.24, 2.45) is 0 Å². The molecular weight excluding hydrogens is 326 g/mol. The average Bonchev–Trinajstić information content (AvgIpc) is 2.64. The number of carbonyl (C=O) groups excluding carboxylic acids is 2. The zero-order valence-electron chi connectivity index (χ0n) is 13.0. The Bertz CT molecular complexity index is 636. The summed E-state index contributed by atoms with van der Waals surface area (Å²) >= 11 is 1.44. The van der Waals surface area contributed by atoms with Crippen LogP contribution < -0.4 is 5.32 Å². The molecule has 2 rings (SSSR count). The first-order valence-corrected chi connectivity index (χ1v) is 8.46. The summed E-state index contributed by atoms with van der Waals surface area (Å²) < 4.78 is 5.12. The molecule has 0 radical (unpaired) electrons. The number of hydrogen-bond donors (Lipinski definition) is 2. The quantitative estimate of drug-likeness (QED) is 0.568. The zero-order valence-corrected chi connectivity index (χ0v) is 13.8. The first kappa shape index (κ1) is 18.0. The van der Waals surface area contributed by atoms with Gasteiger partial charge < -0.3 is 20.0 Å². The fourth-order valence-corrected chi connectivity index (χ4v) is 2.94. The highest BCUT2D eigenvalue weighted by atomic mass is 32.2. The Kier molecular flexibility index (Phi) is 7.32. The molecule has 5 nitrogen and oxygen atoms in total. The van der Waals surface area contributed by atoms with Crippen molar-refractivity contribution in [1.29, 1.82) is 0 Å². The van der Waals surface area contributed by atoms with Crippen molar-refractivity contribution in [3.8, 4) is 0 Å². The number of rotatable bonds is 8. The molecule has 0 bridgehead atoms. The first-order chi connectivity index (χ1) is 11.7. The Labute approximate surface area is 145 Å². The molecule has 0 aromatic heterocycles. The number of nitrogens with one attached hydrogen (secondary N) is 1. The van der Waals surface area contributed by atoms with Crippen molar-refractivity contribution >= 4 is 24.1 Å². The van der Waals surface area contributed by atoms with Crippen molar-refractivity contribution in [2.45, 2.75) is 23.6 Å². The van der Waals surface area contributed by atoms with Gasteiger partial charge in [0, 0.05) is 10.6 Å². The molecule has 2 aromatic carbocycles. The van der Waals surface area contributed by atoms with Crippen molar-refractivity contribution in [2.75, 3.05) is 5.75 Å². The summed E-state index contributed by atoms with van der Waals surface area (Å²) in [7, 11) is 0. The number of aliphatic hydroxyl groups excluding tert-OH is 1. The van der Waals surface area contributed by atoms with Crippen LogP contribution in [0.1, 0.15) is 5.56 Å². The van der Waals surface area contributed by atoms with Gasteiger partial charge in [0.15, 0.2) is 6.29 Å². The van der Waals surface area contributed by atoms with Gasteiger partial charge in [0.05, 0.1) is 6.04 Å². The van der Waals surface area contributed by atoms with Gasteiger partial charge in [-0.1, -0.05) is 48.5 Å². The number of amides is 1. The van der Waals surface area contributed by atoms with Crippen LogP contribution in [-0.2, 0) is 16.1 Å². The van der Waals surface area contributed by atoms with Crippen LogP contribution in [0.25, 0.3) is 0 Å². The van der Waals surface area contributed by atoms with E-state index in [0.29, 0.717) is 12.0 Å². The fraction of sp³-hybridized carbons (Fsp3) is 0.222. The molecule has 0 aliphatic carbocycles. The highest BCUT2D eigenvalue weighted by molar-refractivity contribution is 7.99. The Hall–Kier alpha value is -2.31. The van der Waals surface area contributed by atoms with E-state index in [1.54, 1.807) is 0 Å². The summed E-state index contributed by atoms with van der Waals surface area (Å²) in [5.74, 6) is 0.352. The highest BCUT2D eigenvalue weighted by Crippen LogP contribution is 2.18. The number of thioether (sulfide) groups is 1. The third-order valence-corrected chi connectivity index (χ3v) is 4.37. The normalized spacial score (nSPS) is 12.9. The van der Waals surface area contributed by atoms with Crippen LogP contribution >= 0.6 is 11.8 Å². The highest BCUT2D eigenvalue weighted by Gasteiger charge is 2.21. The topological polar surface area (TPSA) is 75.6 Å². The lowest BCUT2D eigenvalue weighted by molar-refractivity contribution is -0.115. The van der Waals surface area contributed by atoms with Gasteiger partial charge >= 0.3 is 6.09 Å². The van der Waals surface area contributed by atoms with E-state index in [9.17, 15) is 14.7 Å². The Morgan fingerprint density at radius 3 is 2.38 bits per heavy atom. The van der Waals surface area contributed by atoms with Crippen LogP contribution in [0, 0.1) is 0 Å². The SMILES string of the molecule is O=C[C@@H](O)[C@H](CSc1ccccc1)NC(=O)OCc1ccccc1. The molecule has 0 unspecified atom stereocenters. The summed E-state index contributed by atoms with van der Waals surface area (Å²) in [6, 6.07) is 18.1. The van der Waals surface area contributed by atoms with E-state index in [1.165, 1.54) is 11.8 Å². The Morgan fingerprint density at radius 2 is 1.75 bits per heavy atom. The van der Waals surface area contributed by atoms with E-state index in [1.807, 2.05) is 60.7 Å². The van der Waals surface area contributed by atoms with Crippen LogP contribution in [0.5, 0.6) is 0 Å². The van der Waals surface area contributed by atoms with E-state index < -0.39 is 18.2 Å². The molecule has 1 amide bonds. The van der Waals surface area contributed by atoms with Gasteiger partial charge in [0.25, 0.3) is 0 Å². The molecule has 0 heterocycles. The van der Waals surface area contributed by atoms with Gasteiger partial charge in [-0.25, -0.2) is 4.79 Å². The number of ether oxygens (including phenoxy) is 1. The van der Waals surface area contributed by atoms with Gasteiger partial charge in [-0.3, -0.25) is 0 Å². The summed E-state index contributed by atoms with van der Waals surface area (Å²) in [4.78, 5) is 23.7. The maximum Gasteiger partial charge on any atom is 0.407 e. The predicted octanol–water partition coefficient (Wildman–Crippen LogP) is 2.63. The lowest BCUT2D eigenvalue weighted by atomic mass is 10.2. The van der Waals surface area contributed by atoms with Gasteiger partial charge in [0.2, 0.25) is 0 Å². The van der Waals surface area contributed by atoms with Gasteiger partial charge in [-0.2, -0.15) is 0 Å². The van der Waals surface area contributed by atoms with E-state index in [0.717, 1.165) is 10.5 Å². The van der Waals surface area contributed by atoms with E-state index in [4.69, 9.17) is 4.74 Å². The maximum absolute atomic E-state index is 11.9. The van der Waals surface area contributed by atoms with Crippen LogP contribution in [0.3, 0.4) is 0 Å². The molecule has 0 saturated heterocycles. The largest absolute Gasteiger partial charge is 0.445 e. The molecule has 2 aromatic rings. The van der Waals surface area contributed by atoms with Crippen LogP contribution in [0.4, 0.5) is 4.79 Å². The van der Waals surface area contributed by atoms with Gasteiger partial charge in [-0.15, -0.1) is 11.8 Å². The number of hydrogen-bond acceptors (Lipinski definition) is 5. The van der Waals surface area contributed by atoms with Crippen molar-refractivity contribution in [3.05, 3.63) is 66.2 Å². The monoisotopic (exact) mass is 345 g/mol. The van der Waals surface area contributed by atoms with Crippen LogP contribution in [0.2, 0.25) is 0 Å². The number of carbonyl (C=O) groups is 2. The Morgan fingerprint density at radius 1 is 1.12 bits per heavy atom. The number of alkyl carbamates (subject to hydrolysis) is 1. The Balaban J connectivity index is 1.85. The fourth-order valence-electron chi connectivity index (χ4n) is 1.94. The molecule has 0 aliphatic rings. The first-order valence-electron chi connectivity index (χ1n) is 7.47. The van der Waals surface area contributed by atoms with Crippen LogP contribution in [-0.4, -0.2) is 35.4 Å². The molecule has 126 valence electrons. The third-order valence-electron chi connectivity index (χ3n) is 3.24. The summed E-state index contributed by atoms with van der Waals surface area (Å²) in [6.45, 7) is 0.127. The maximum atomic E-state index is 11.9. The van der Waals surface area contributed by atoms with E-state index in [2.05, 4.69) is 5.32 Å². The lowest BCUT2D eigenvalue weighted by Gasteiger charge is -2.20. The van der Waals surface area contributed by atoms with E-state index in [-0.39, 0.29) is 6.61 Å². The molecule has 0 spiro atoms. The standard InChI is InChI=1S/C18H19NO4S/c20-11-17(21)16(13-24-15-9-5-2-6-10-15)19-18(22)23-12-14-7-3-1-4-8-14/h1-11,16-17,21H,12-13H2,(H,19,22)/t16-,17+/m0/s1. The minimum absolute atomic E-state index is 0.127. The molecule has 6 heteroatoms. The molecule has 2 atom stereocenters. The smallest absolute Gasteiger partial charge is 0.407 e. The second-order valence-corrected chi connectivity index (χ2v) is 6.16. The van der Waals surface area contributed by atoms with Crippen LogP contribution in [0.15, 0.2) is 65.6 Å². The van der Waals surface area contributed by atoms with Crippen molar-refractivity contribution in [3.63, 3.8) is 0 Å². The lowest BCUT2D eigenvalue weighted by Crippen LogP contribution is -2.46. The minimum atomic E-state index is -1.29. The van der Waals surface area contributed by atoms with Crippen molar-refractivity contribution in [1.82, 2.24) is 5.32 Å². The minimum Gasteiger partial charge on any atom is -0.445 e. The summed E-state index contributed by atoms with van der Waals surface area (Å²) in [5.41, 5.74) is 0.860. The second kappa shape index (κ2) is 9.75. The number of aliphatic hydroxyl groups is 1. The summed E-state index contributed by atoms with van der Waals surface area (Å²) in [6.07, 6.45) is -1.54. The van der Waals surface area contributed by atoms with Gasteiger partial charge in [-0.05, 0) is 17.7 Å². The number of aldehydes is 1. The zero-order chi connectivity index (χ0) is 17.2. The molecule has 0 aliphatic heterocycles. The molecular formula is C18H19NO4S. The molecule has 2 N–H and O–H groups in total. The second-order valence-electron chi connectivity index (χ2n) is 5.06. The number of benzene rings is 2. The van der Waals surface area contributed by atoms with E-state index >= 15 is 0 Å². The average molecular weight is 345 g/mol. The molecule has 0 fully saturated rings. The van der Waals surface area contributed by atoms with Gasteiger partial charge in [0.1, 0.15) is 12.7 Å². The van der Waals surface area contributed by atoms with Crippen molar-refractivity contribution < 1.29 is 19.4 Å². The summed E-state index contributed by atoms with van der Waals surface area (Å²) in [5, 5.41) is 12.3.